The van der Waals surface area contributed by atoms with E-state index in [0.29, 0.717) is 11.8 Å². The van der Waals surface area contributed by atoms with Crippen molar-refractivity contribution in [2.24, 2.45) is 23.7 Å². The van der Waals surface area contributed by atoms with Gasteiger partial charge in [0.25, 0.3) is 0 Å². The second-order valence-corrected chi connectivity index (χ2v) is 12.0. The number of esters is 4. The van der Waals surface area contributed by atoms with Gasteiger partial charge in [-0.2, -0.15) is 0 Å². The average Bonchev–Trinajstić information content (AvgIpc) is 3.80. The highest BCUT2D eigenvalue weighted by Gasteiger charge is 2.37. The third-order valence-corrected chi connectivity index (χ3v) is 8.76. The molecule has 2 aromatic carbocycles. The summed E-state index contributed by atoms with van der Waals surface area (Å²) in [4.78, 5) is 51.1. The van der Waals surface area contributed by atoms with Gasteiger partial charge >= 0.3 is 23.9 Å². The van der Waals surface area contributed by atoms with Crippen LogP contribution in [0.2, 0.25) is 30.1 Å². The molecule has 2 aromatic rings. The second-order valence-electron chi connectivity index (χ2n) is 9.64. The van der Waals surface area contributed by atoms with Gasteiger partial charge < -0.3 is 18.9 Å². The molecule has 0 bridgehead atoms. The van der Waals surface area contributed by atoms with E-state index in [9.17, 15) is 19.2 Å². The Hall–Kier alpha value is -1.94. The van der Waals surface area contributed by atoms with E-state index in [2.05, 4.69) is 0 Å². The van der Waals surface area contributed by atoms with Crippen molar-refractivity contribution in [1.29, 1.82) is 0 Å². The predicted molar refractivity (Wildman–Crippen MR) is 149 cm³/mol. The highest BCUT2D eigenvalue weighted by Crippen LogP contribution is 2.43. The van der Waals surface area contributed by atoms with Crippen LogP contribution in [-0.4, -0.2) is 37.1 Å². The number of hydrogen-bond acceptors (Lipinski definition) is 8. The molecule has 14 heteroatoms. The molecule has 214 valence electrons. The van der Waals surface area contributed by atoms with E-state index in [-0.39, 0.29) is 55.2 Å². The first kappa shape index (κ1) is 31.0. The summed E-state index contributed by atoms with van der Waals surface area (Å²) in [6, 6.07) is 2.23. The second kappa shape index (κ2) is 12.5. The predicted octanol–water partition coefficient (Wildman–Crippen LogP) is 7.74. The zero-order valence-corrected chi connectivity index (χ0v) is 25.4. The third-order valence-electron chi connectivity index (χ3n) is 6.63. The smallest absolute Gasteiger partial charge is 0.423 e. The highest BCUT2D eigenvalue weighted by molar-refractivity contribution is 6.47. The molecule has 40 heavy (non-hydrogen) atoms. The Morgan fingerprint density at radius 2 is 0.975 bits per heavy atom. The molecule has 0 aliphatic heterocycles. The molecule has 0 N–H and O–H groups in total. The minimum absolute atomic E-state index is 0.101. The van der Waals surface area contributed by atoms with E-state index < -0.39 is 46.5 Å². The van der Waals surface area contributed by atoms with Gasteiger partial charge in [0.1, 0.15) is 11.1 Å². The molecule has 0 saturated heterocycles. The van der Waals surface area contributed by atoms with E-state index in [1.807, 2.05) is 13.8 Å². The fourth-order valence-corrected chi connectivity index (χ4v) is 5.20. The van der Waals surface area contributed by atoms with Crippen LogP contribution >= 0.6 is 69.6 Å². The van der Waals surface area contributed by atoms with Gasteiger partial charge in [0.2, 0.25) is 0 Å². The Bertz CT molecular complexity index is 1310. The van der Waals surface area contributed by atoms with Crippen molar-refractivity contribution in [1.82, 2.24) is 0 Å². The van der Waals surface area contributed by atoms with Crippen LogP contribution in [0.5, 0.6) is 11.5 Å². The molecule has 4 unspecified atom stereocenters. The SMILES string of the molecule is CC1CC1COC(=O)c1c(Cl)c(Cl)cc(Cl)c1OC(=O)C(=O)Oc1c(Cl)cc(Cl)c(Cl)c1C(=O)OCC1CC1C. The van der Waals surface area contributed by atoms with Gasteiger partial charge in [-0.1, -0.05) is 83.5 Å². The topological polar surface area (TPSA) is 105 Å². The van der Waals surface area contributed by atoms with Crippen LogP contribution in [0.25, 0.3) is 0 Å². The summed E-state index contributed by atoms with van der Waals surface area (Å²) >= 11 is 36.8. The highest BCUT2D eigenvalue weighted by atomic mass is 35.5. The monoisotopic (exact) mass is 670 g/mol. The molecule has 0 radical (unpaired) electrons. The Labute approximate surface area is 259 Å². The van der Waals surface area contributed by atoms with Crippen molar-refractivity contribution in [2.75, 3.05) is 13.2 Å². The van der Waals surface area contributed by atoms with Crippen LogP contribution in [0, 0.1) is 23.7 Å². The molecule has 4 atom stereocenters. The molecule has 2 fully saturated rings. The minimum atomic E-state index is -1.64. The van der Waals surface area contributed by atoms with Gasteiger partial charge in [0.05, 0.1) is 43.3 Å². The Morgan fingerprint density at radius 1 is 0.650 bits per heavy atom. The summed E-state index contributed by atoms with van der Waals surface area (Å²) < 4.78 is 20.8. The molecular formula is C26H20Cl6O8. The summed E-state index contributed by atoms with van der Waals surface area (Å²) in [7, 11) is 0. The van der Waals surface area contributed by atoms with E-state index in [0.717, 1.165) is 25.0 Å². The molecule has 2 aliphatic carbocycles. The summed E-state index contributed by atoms with van der Waals surface area (Å²) in [5.74, 6) is -5.21. The maximum absolute atomic E-state index is 12.8. The Kier molecular flexibility index (Phi) is 9.70. The van der Waals surface area contributed by atoms with Crippen LogP contribution in [0.3, 0.4) is 0 Å². The van der Waals surface area contributed by atoms with Crippen molar-refractivity contribution in [3.05, 3.63) is 53.4 Å². The van der Waals surface area contributed by atoms with Crippen molar-refractivity contribution in [2.45, 2.75) is 26.7 Å². The number of carbonyl (C=O) groups excluding carboxylic acids is 4. The van der Waals surface area contributed by atoms with Crippen LogP contribution in [-0.2, 0) is 19.1 Å². The first-order valence-electron chi connectivity index (χ1n) is 11.9. The number of rotatable bonds is 8. The Balaban J connectivity index is 1.56. The lowest BCUT2D eigenvalue weighted by Gasteiger charge is -2.15. The maximum atomic E-state index is 12.8. The van der Waals surface area contributed by atoms with Crippen LogP contribution in [0.15, 0.2) is 12.1 Å². The number of ether oxygens (including phenoxy) is 4. The van der Waals surface area contributed by atoms with E-state index in [4.69, 9.17) is 88.6 Å². The lowest BCUT2D eigenvalue weighted by molar-refractivity contribution is -0.156. The largest absolute Gasteiger partial charge is 0.462 e. The van der Waals surface area contributed by atoms with E-state index in [1.165, 1.54) is 0 Å². The van der Waals surface area contributed by atoms with Crippen LogP contribution < -0.4 is 9.47 Å². The number of halogens is 6. The fraction of sp³-hybridized carbons (Fsp3) is 0.385. The molecule has 8 nitrogen and oxygen atoms in total. The summed E-state index contributed by atoms with van der Waals surface area (Å²) in [6.45, 7) is 4.20. The average molecular weight is 673 g/mol. The van der Waals surface area contributed by atoms with Crippen LogP contribution in [0.1, 0.15) is 47.4 Å². The lowest BCUT2D eigenvalue weighted by atomic mass is 10.2. The molecule has 0 aromatic heterocycles. The lowest BCUT2D eigenvalue weighted by Crippen LogP contribution is -2.27. The first-order valence-corrected chi connectivity index (χ1v) is 14.2. The number of carbonyl (C=O) groups is 4. The van der Waals surface area contributed by atoms with Gasteiger partial charge in [-0.05, 0) is 48.6 Å². The van der Waals surface area contributed by atoms with Crippen molar-refractivity contribution in [3.8, 4) is 11.5 Å². The van der Waals surface area contributed by atoms with Gasteiger partial charge in [0, 0.05) is 0 Å². The van der Waals surface area contributed by atoms with Gasteiger partial charge in [-0.15, -0.1) is 0 Å². The standard InChI is InChI=1S/C26H20Cl6O8/c1-9-3-11(9)7-37-23(33)17-19(31)13(27)5-15(29)21(17)39-25(35)26(36)40-22-16(30)6-14(28)20(32)18(22)24(34)38-8-12-4-10(12)2/h5-6,9-12H,3-4,7-8H2,1-2H3. The summed E-state index contributed by atoms with van der Waals surface area (Å²) in [5, 5.41) is -1.47. The van der Waals surface area contributed by atoms with Gasteiger partial charge in [-0.25, -0.2) is 19.2 Å². The first-order chi connectivity index (χ1) is 18.8. The van der Waals surface area contributed by atoms with Crippen molar-refractivity contribution >= 4 is 93.5 Å². The molecule has 2 aliphatic rings. The molecular weight excluding hydrogens is 653 g/mol. The Morgan fingerprint density at radius 3 is 1.27 bits per heavy atom. The molecule has 0 spiro atoms. The minimum Gasteiger partial charge on any atom is -0.462 e. The van der Waals surface area contributed by atoms with Crippen molar-refractivity contribution in [3.63, 3.8) is 0 Å². The van der Waals surface area contributed by atoms with Crippen LogP contribution in [0.4, 0.5) is 0 Å². The maximum Gasteiger partial charge on any atom is 0.423 e. The summed E-state index contributed by atoms with van der Waals surface area (Å²) in [5.41, 5.74) is -0.917. The number of hydrogen-bond donors (Lipinski definition) is 0. The zero-order valence-electron chi connectivity index (χ0n) is 20.8. The van der Waals surface area contributed by atoms with E-state index >= 15 is 0 Å². The molecule has 0 amide bonds. The molecule has 4 rings (SSSR count). The quantitative estimate of drug-likeness (QED) is 0.121. The van der Waals surface area contributed by atoms with Gasteiger partial charge in [-0.3, -0.25) is 0 Å². The normalized spacial score (nSPS) is 20.9. The fourth-order valence-electron chi connectivity index (χ4n) is 3.76. The third kappa shape index (κ3) is 6.92. The zero-order chi connectivity index (χ0) is 29.5. The van der Waals surface area contributed by atoms with Crippen molar-refractivity contribution < 1.29 is 38.1 Å². The number of benzene rings is 2. The summed E-state index contributed by atoms with van der Waals surface area (Å²) in [6.07, 6.45) is 1.77. The van der Waals surface area contributed by atoms with Gasteiger partial charge in [0.15, 0.2) is 11.5 Å². The molecule has 0 heterocycles. The van der Waals surface area contributed by atoms with E-state index in [1.54, 1.807) is 0 Å². The molecule has 2 saturated carbocycles.